The molecule has 0 amide bonds. The van der Waals surface area contributed by atoms with Crippen LogP contribution in [0, 0.1) is 6.08 Å². The van der Waals surface area contributed by atoms with E-state index < -0.39 is 0 Å². The zero-order valence-corrected chi connectivity index (χ0v) is 14.8. The number of rotatable bonds is 0. The summed E-state index contributed by atoms with van der Waals surface area (Å²) < 4.78 is 0. The minimum Gasteiger partial charge on any atom is -0.0845 e. The van der Waals surface area contributed by atoms with Crippen molar-refractivity contribution in [2.24, 2.45) is 0 Å². The van der Waals surface area contributed by atoms with Gasteiger partial charge >= 0.3 is 0 Å². The standard InChI is InChI=1S/C24H31/c1-2-4-6-8-10-12-14-16-18-20-22-24-23-21-19-17-15-13-11-9-7-5-3-1/h1-15H,16,18-24H2/b2-1+,5-3+,6-4+,9-7+,10-8-,13-11-,14-12+,17-15?. The largest absolute Gasteiger partial charge is 0.0845 e. The third-order valence-corrected chi connectivity index (χ3v) is 3.63. The van der Waals surface area contributed by atoms with Crippen LogP contribution >= 0.6 is 0 Å². The molecule has 0 aromatic rings. The van der Waals surface area contributed by atoms with E-state index in [4.69, 9.17) is 0 Å². The van der Waals surface area contributed by atoms with Crippen molar-refractivity contribution in [1.82, 2.24) is 0 Å². The van der Waals surface area contributed by atoms with Crippen molar-refractivity contribution in [3.05, 3.63) is 97.2 Å². The Morgan fingerprint density at radius 2 is 0.875 bits per heavy atom. The molecule has 0 heterocycles. The van der Waals surface area contributed by atoms with Gasteiger partial charge in [0.1, 0.15) is 0 Å². The van der Waals surface area contributed by atoms with Crippen molar-refractivity contribution in [3.63, 3.8) is 0 Å². The van der Waals surface area contributed by atoms with Gasteiger partial charge in [-0.1, -0.05) is 117 Å². The number of hydrogen-bond donors (Lipinski definition) is 0. The molecule has 0 saturated heterocycles. The molecule has 0 aliphatic heterocycles. The van der Waals surface area contributed by atoms with Gasteiger partial charge < -0.3 is 0 Å². The van der Waals surface area contributed by atoms with Crippen molar-refractivity contribution < 1.29 is 0 Å². The highest BCUT2D eigenvalue weighted by Crippen LogP contribution is 2.09. The quantitative estimate of drug-likeness (QED) is 0.437. The fraction of sp³-hybridized carbons (Fsp3) is 0.333. The van der Waals surface area contributed by atoms with Gasteiger partial charge in [-0.2, -0.15) is 0 Å². The molecule has 0 heteroatoms. The molecule has 0 unspecified atom stereocenters. The number of allylic oxidation sites excluding steroid dienone is 16. The van der Waals surface area contributed by atoms with Crippen LogP contribution in [0.4, 0.5) is 0 Å². The summed E-state index contributed by atoms with van der Waals surface area (Å²) in [6, 6.07) is 0. The average molecular weight is 320 g/mol. The molecule has 0 aromatic carbocycles. The molecule has 1 rings (SSSR count). The Labute approximate surface area is 149 Å². The second kappa shape index (κ2) is 17.3. The van der Waals surface area contributed by atoms with Gasteiger partial charge in [0.05, 0.1) is 0 Å². The molecule has 0 atom stereocenters. The van der Waals surface area contributed by atoms with Crippen LogP contribution in [0.15, 0.2) is 91.1 Å². The van der Waals surface area contributed by atoms with E-state index in [9.17, 15) is 0 Å². The van der Waals surface area contributed by atoms with Gasteiger partial charge in [-0.15, -0.1) is 0 Å². The van der Waals surface area contributed by atoms with Crippen LogP contribution in [0.5, 0.6) is 0 Å². The van der Waals surface area contributed by atoms with E-state index in [0.29, 0.717) is 0 Å². The Balaban J connectivity index is 2.42. The smallest absolute Gasteiger partial charge is 0.0276 e. The fourth-order valence-corrected chi connectivity index (χ4v) is 2.28. The van der Waals surface area contributed by atoms with Crippen LogP contribution in [0.25, 0.3) is 0 Å². The Bertz CT molecular complexity index is 456. The first kappa shape index (κ1) is 20.0. The summed E-state index contributed by atoms with van der Waals surface area (Å²) in [5.41, 5.74) is 0. The first-order valence-corrected chi connectivity index (χ1v) is 9.22. The maximum Gasteiger partial charge on any atom is -0.0276 e. The van der Waals surface area contributed by atoms with Crippen LogP contribution in [0.2, 0.25) is 0 Å². The maximum absolute atomic E-state index is 3.34. The number of hydrogen-bond acceptors (Lipinski definition) is 0. The van der Waals surface area contributed by atoms with E-state index in [2.05, 4.69) is 36.5 Å². The van der Waals surface area contributed by atoms with Crippen LogP contribution in [-0.2, 0) is 0 Å². The normalized spacial score (nSPS) is 29.3. The monoisotopic (exact) mass is 319 g/mol. The molecule has 127 valence electrons. The van der Waals surface area contributed by atoms with Crippen molar-refractivity contribution in [2.45, 2.75) is 51.4 Å². The lowest BCUT2D eigenvalue weighted by molar-refractivity contribution is 0.598. The summed E-state index contributed by atoms with van der Waals surface area (Å²) in [6.07, 6.45) is 44.5. The minimum atomic E-state index is 1.07. The zero-order valence-electron chi connectivity index (χ0n) is 14.8. The molecule has 0 aromatic heterocycles. The van der Waals surface area contributed by atoms with Crippen molar-refractivity contribution in [3.8, 4) is 0 Å². The predicted molar refractivity (Wildman–Crippen MR) is 109 cm³/mol. The Morgan fingerprint density at radius 3 is 1.50 bits per heavy atom. The molecule has 0 fully saturated rings. The first-order chi connectivity index (χ1) is 12.0. The summed E-state index contributed by atoms with van der Waals surface area (Å²) in [6.45, 7) is 0. The Kier molecular flexibility index (Phi) is 14.4. The third-order valence-electron chi connectivity index (χ3n) is 3.63. The van der Waals surface area contributed by atoms with Crippen molar-refractivity contribution >= 4 is 0 Å². The predicted octanol–water partition coefficient (Wildman–Crippen LogP) is 7.37. The van der Waals surface area contributed by atoms with Gasteiger partial charge in [0.15, 0.2) is 0 Å². The van der Waals surface area contributed by atoms with Gasteiger partial charge in [0, 0.05) is 0 Å². The molecule has 0 bridgehead atoms. The molecule has 24 heavy (non-hydrogen) atoms. The molecular weight excluding hydrogens is 288 g/mol. The van der Waals surface area contributed by atoms with E-state index in [1.807, 2.05) is 60.8 Å². The second-order valence-corrected chi connectivity index (χ2v) is 5.77. The molecule has 1 aliphatic carbocycles. The average Bonchev–Trinajstić information content (AvgIpc) is 2.59. The highest BCUT2D eigenvalue weighted by atomic mass is 14.0. The molecule has 1 aliphatic rings. The summed E-state index contributed by atoms with van der Waals surface area (Å²) in [7, 11) is 0. The molecule has 1 radical (unpaired) electrons. The third kappa shape index (κ3) is 14.8. The Hall–Kier alpha value is -2.08. The van der Waals surface area contributed by atoms with Gasteiger partial charge in [-0.3, -0.25) is 0 Å². The van der Waals surface area contributed by atoms with Crippen LogP contribution in [0.1, 0.15) is 51.4 Å². The molecule has 0 nitrogen and oxygen atoms in total. The van der Waals surface area contributed by atoms with Crippen LogP contribution in [0.3, 0.4) is 0 Å². The summed E-state index contributed by atoms with van der Waals surface area (Å²) in [4.78, 5) is 0. The van der Waals surface area contributed by atoms with E-state index in [1.165, 1.54) is 44.9 Å². The van der Waals surface area contributed by atoms with E-state index in [-0.39, 0.29) is 0 Å². The highest BCUT2D eigenvalue weighted by molar-refractivity contribution is 5.21. The van der Waals surface area contributed by atoms with Gasteiger partial charge in [-0.05, 0) is 31.8 Å². The van der Waals surface area contributed by atoms with E-state index in [1.54, 1.807) is 0 Å². The van der Waals surface area contributed by atoms with E-state index >= 15 is 0 Å². The second-order valence-electron chi connectivity index (χ2n) is 5.77. The summed E-state index contributed by atoms with van der Waals surface area (Å²) in [5.74, 6) is 0. The molecule has 0 N–H and O–H groups in total. The summed E-state index contributed by atoms with van der Waals surface area (Å²) in [5, 5.41) is 0. The van der Waals surface area contributed by atoms with Crippen LogP contribution in [-0.4, -0.2) is 0 Å². The molecular formula is C24H31. The lowest BCUT2D eigenvalue weighted by Gasteiger charge is -1.98. The van der Waals surface area contributed by atoms with Gasteiger partial charge in [-0.25, -0.2) is 0 Å². The highest BCUT2D eigenvalue weighted by Gasteiger charge is 1.89. The summed E-state index contributed by atoms with van der Waals surface area (Å²) >= 11 is 0. The lowest BCUT2D eigenvalue weighted by Crippen LogP contribution is -1.79. The van der Waals surface area contributed by atoms with Gasteiger partial charge in [0.25, 0.3) is 0 Å². The van der Waals surface area contributed by atoms with Crippen LogP contribution < -0.4 is 0 Å². The SMILES string of the molecule is [C]1=C/C=C\C=C\C=C\C=C\C=C\C=C/C=C/CCCCCCCC/1. The van der Waals surface area contributed by atoms with E-state index in [0.717, 1.165) is 6.42 Å². The fourth-order valence-electron chi connectivity index (χ4n) is 2.28. The first-order valence-electron chi connectivity index (χ1n) is 9.22. The zero-order chi connectivity index (χ0) is 17.0. The molecule has 0 saturated carbocycles. The van der Waals surface area contributed by atoms with Gasteiger partial charge in [0.2, 0.25) is 0 Å². The Morgan fingerprint density at radius 1 is 0.417 bits per heavy atom. The van der Waals surface area contributed by atoms with Crippen molar-refractivity contribution in [1.29, 1.82) is 0 Å². The van der Waals surface area contributed by atoms with Crippen molar-refractivity contribution in [2.75, 3.05) is 0 Å². The minimum absolute atomic E-state index is 1.07. The molecule has 0 spiro atoms. The maximum atomic E-state index is 3.34. The lowest BCUT2D eigenvalue weighted by atomic mass is 10.1. The topological polar surface area (TPSA) is 0 Å².